The maximum Gasteiger partial charge on any atom is 0.225 e. The molecule has 1 aromatic carbocycles. The first kappa shape index (κ1) is 16.2. The van der Waals surface area contributed by atoms with Gasteiger partial charge in [0.2, 0.25) is 11.8 Å². The van der Waals surface area contributed by atoms with Crippen LogP contribution in [0, 0.1) is 17.6 Å². The summed E-state index contributed by atoms with van der Waals surface area (Å²) in [6.07, 6.45) is 0.226. The van der Waals surface area contributed by atoms with E-state index in [-0.39, 0.29) is 43.1 Å². The number of nitrogens with zero attached hydrogens (tertiary/aromatic N) is 1. The van der Waals surface area contributed by atoms with Gasteiger partial charge in [-0.3, -0.25) is 9.59 Å². The molecule has 2 rings (SSSR count). The fraction of sp³-hybridized carbons (Fsp3) is 0.467. The average molecular weight is 312 g/mol. The van der Waals surface area contributed by atoms with Gasteiger partial charge in [-0.25, -0.2) is 8.78 Å². The molecule has 1 unspecified atom stereocenters. The van der Waals surface area contributed by atoms with Gasteiger partial charge in [-0.05, 0) is 19.1 Å². The van der Waals surface area contributed by atoms with Crippen LogP contribution in [0.4, 0.5) is 8.78 Å². The minimum Gasteiger partial charge on any atom is -0.492 e. The highest BCUT2D eigenvalue weighted by atomic mass is 19.2. The Hall–Kier alpha value is -2.18. The molecule has 1 N–H and O–H groups in total. The second-order valence-corrected chi connectivity index (χ2v) is 5.05. The number of likely N-dealkylation sites (tertiary alicyclic amines) is 1. The highest BCUT2D eigenvalue weighted by molar-refractivity contribution is 5.89. The minimum atomic E-state index is -0.981. The van der Waals surface area contributed by atoms with Gasteiger partial charge in [0.05, 0.1) is 12.5 Å². The van der Waals surface area contributed by atoms with Crippen molar-refractivity contribution in [1.82, 2.24) is 10.2 Å². The maximum absolute atomic E-state index is 13.0. The van der Waals surface area contributed by atoms with E-state index >= 15 is 0 Å². The van der Waals surface area contributed by atoms with Crippen LogP contribution in [0.1, 0.15) is 13.3 Å². The van der Waals surface area contributed by atoms with Gasteiger partial charge in [0.1, 0.15) is 12.4 Å². The Bertz CT molecular complexity index is 566. The molecule has 120 valence electrons. The summed E-state index contributed by atoms with van der Waals surface area (Å²) < 4.78 is 30.9. The van der Waals surface area contributed by atoms with Crippen LogP contribution >= 0.6 is 0 Å². The fourth-order valence-electron chi connectivity index (χ4n) is 2.31. The van der Waals surface area contributed by atoms with Gasteiger partial charge in [0, 0.05) is 25.6 Å². The molecule has 0 aromatic heterocycles. The average Bonchev–Trinajstić information content (AvgIpc) is 2.88. The predicted octanol–water partition coefficient (Wildman–Crippen LogP) is 1.33. The third kappa shape index (κ3) is 3.93. The molecule has 5 nitrogen and oxygen atoms in total. The number of carbonyl (C=O) groups excluding carboxylic acids is 2. The SMILES string of the molecule is CCN1CC(C(=O)NCCOc2ccc(F)c(F)c2)CC1=O. The first-order chi connectivity index (χ1) is 10.5. The summed E-state index contributed by atoms with van der Waals surface area (Å²) in [7, 11) is 0. The number of carbonyl (C=O) groups is 2. The highest BCUT2D eigenvalue weighted by Gasteiger charge is 2.32. The van der Waals surface area contributed by atoms with Crippen LogP contribution in [-0.4, -0.2) is 43.0 Å². The van der Waals surface area contributed by atoms with E-state index in [2.05, 4.69) is 5.32 Å². The Morgan fingerprint density at radius 1 is 1.41 bits per heavy atom. The predicted molar refractivity (Wildman–Crippen MR) is 75.2 cm³/mol. The van der Waals surface area contributed by atoms with Crippen molar-refractivity contribution in [3.63, 3.8) is 0 Å². The second kappa shape index (κ2) is 7.20. The second-order valence-electron chi connectivity index (χ2n) is 5.05. The molecule has 1 aliphatic heterocycles. The van der Waals surface area contributed by atoms with E-state index in [0.717, 1.165) is 12.1 Å². The zero-order chi connectivity index (χ0) is 16.1. The van der Waals surface area contributed by atoms with Crippen molar-refractivity contribution in [2.75, 3.05) is 26.2 Å². The van der Waals surface area contributed by atoms with Gasteiger partial charge < -0.3 is 15.0 Å². The molecule has 2 amide bonds. The molecule has 1 atom stereocenters. The van der Waals surface area contributed by atoms with E-state index in [9.17, 15) is 18.4 Å². The molecule has 1 saturated heterocycles. The van der Waals surface area contributed by atoms with E-state index in [4.69, 9.17) is 4.74 Å². The molecular weight excluding hydrogens is 294 g/mol. The molecule has 0 aliphatic carbocycles. The van der Waals surface area contributed by atoms with E-state index in [1.54, 1.807) is 4.90 Å². The molecule has 0 radical (unpaired) electrons. The van der Waals surface area contributed by atoms with E-state index in [0.29, 0.717) is 13.1 Å². The number of ether oxygens (including phenoxy) is 1. The van der Waals surface area contributed by atoms with Crippen molar-refractivity contribution < 1.29 is 23.1 Å². The van der Waals surface area contributed by atoms with Gasteiger partial charge in [-0.15, -0.1) is 0 Å². The summed E-state index contributed by atoms with van der Waals surface area (Å²) in [6.45, 7) is 3.27. The van der Waals surface area contributed by atoms with Gasteiger partial charge >= 0.3 is 0 Å². The number of hydrogen-bond acceptors (Lipinski definition) is 3. The van der Waals surface area contributed by atoms with E-state index in [1.807, 2.05) is 6.92 Å². The minimum absolute atomic E-state index is 0.0133. The van der Waals surface area contributed by atoms with Crippen molar-refractivity contribution in [3.05, 3.63) is 29.8 Å². The zero-order valence-corrected chi connectivity index (χ0v) is 12.3. The number of benzene rings is 1. The van der Waals surface area contributed by atoms with Crippen LogP contribution in [0.3, 0.4) is 0 Å². The highest BCUT2D eigenvalue weighted by Crippen LogP contribution is 2.17. The molecule has 1 aromatic rings. The van der Waals surface area contributed by atoms with Gasteiger partial charge in [0.25, 0.3) is 0 Å². The largest absolute Gasteiger partial charge is 0.492 e. The molecule has 0 bridgehead atoms. The summed E-state index contributed by atoms with van der Waals surface area (Å²) in [6, 6.07) is 3.24. The topological polar surface area (TPSA) is 58.6 Å². The third-order valence-electron chi connectivity index (χ3n) is 3.53. The van der Waals surface area contributed by atoms with Crippen molar-refractivity contribution in [2.24, 2.45) is 5.92 Å². The van der Waals surface area contributed by atoms with Gasteiger partial charge in [-0.2, -0.15) is 0 Å². The molecule has 22 heavy (non-hydrogen) atoms. The monoisotopic (exact) mass is 312 g/mol. The number of rotatable bonds is 6. The van der Waals surface area contributed by atoms with Crippen molar-refractivity contribution in [3.8, 4) is 5.75 Å². The lowest BCUT2D eigenvalue weighted by Gasteiger charge is -2.14. The summed E-state index contributed by atoms with van der Waals surface area (Å²) >= 11 is 0. The smallest absolute Gasteiger partial charge is 0.225 e. The lowest BCUT2D eigenvalue weighted by atomic mass is 10.1. The van der Waals surface area contributed by atoms with Crippen molar-refractivity contribution in [1.29, 1.82) is 0 Å². The quantitative estimate of drug-likeness (QED) is 0.806. The normalized spacial score (nSPS) is 17.7. The molecule has 0 saturated carbocycles. The standard InChI is InChI=1S/C15H18F2N2O3/c1-2-19-9-10(7-14(19)20)15(21)18-5-6-22-11-3-4-12(16)13(17)8-11/h3-4,8,10H,2,5-7,9H2,1H3,(H,18,21). The first-order valence-electron chi connectivity index (χ1n) is 7.14. The molecule has 0 spiro atoms. The summed E-state index contributed by atoms with van der Waals surface area (Å²) in [5, 5.41) is 2.68. The Morgan fingerprint density at radius 2 is 2.18 bits per heavy atom. The summed E-state index contributed by atoms with van der Waals surface area (Å²) in [4.78, 5) is 25.1. The van der Waals surface area contributed by atoms with Crippen LogP contribution in [0.2, 0.25) is 0 Å². The van der Waals surface area contributed by atoms with Crippen LogP contribution in [-0.2, 0) is 9.59 Å². The Labute approximate surface area is 127 Å². The first-order valence-corrected chi connectivity index (χ1v) is 7.14. The lowest BCUT2D eigenvalue weighted by molar-refractivity contribution is -0.128. The van der Waals surface area contributed by atoms with Gasteiger partial charge in [0.15, 0.2) is 11.6 Å². The fourth-order valence-corrected chi connectivity index (χ4v) is 2.31. The third-order valence-corrected chi connectivity index (χ3v) is 3.53. The molecule has 1 heterocycles. The number of halogens is 2. The number of nitrogens with one attached hydrogen (secondary N) is 1. The van der Waals surface area contributed by atoms with Crippen LogP contribution in [0.25, 0.3) is 0 Å². The molecule has 1 fully saturated rings. The molecular formula is C15H18F2N2O3. The summed E-state index contributed by atoms with van der Waals surface area (Å²) in [5.74, 6) is -2.27. The Kier molecular flexibility index (Phi) is 5.30. The molecule has 1 aliphatic rings. The van der Waals surface area contributed by atoms with E-state index < -0.39 is 11.6 Å². The molecule has 7 heteroatoms. The van der Waals surface area contributed by atoms with Crippen molar-refractivity contribution >= 4 is 11.8 Å². The maximum atomic E-state index is 13.0. The van der Waals surface area contributed by atoms with Crippen LogP contribution in [0.5, 0.6) is 5.75 Å². The van der Waals surface area contributed by atoms with E-state index in [1.165, 1.54) is 6.07 Å². The lowest BCUT2D eigenvalue weighted by Crippen LogP contribution is -2.35. The Balaban J connectivity index is 1.71. The van der Waals surface area contributed by atoms with Gasteiger partial charge in [-0.1, -0.05) is 0 Å². The number of amides is 2. The zero-order valence-electron chi connectivity index (χ0n) is 12.3. The number of hydrogen-bond donors (Lipinski definition) is 1. The van der Waals surface area contributed by atoms with Crippen LogP contribution < -0.4 is 10.1 Å². The van der Waals surface area contributed by atoms with Crippen molar-refractivity contribution in [2.45, 2.75) is 13.3 Å². The summed E-state index contributed by atoms with van der Waals surface area (Å²) in [5.41, 5.74) is 0. The Morgan fingerprint density at radius 3 is 2.82 bits per heavy atom. The van der Waals surface area contributed by atoms with Crippen LogP contribution in [0.15, 0.2) is 18.2 Å².